The van der Waals surface area contributed by atoms with E-state index >= 15 is 0 Å². The van der Waals surface area contributed by atoms with E-state index in [1.165, 1.54) is 11.3 Å². The molecule has 0 aliphatic carbocycles. The van der Waals surface area contributed by atoms with Gasteiger partial charge in [0.2, 0.25) is 0 Å². The second-order valence-corrected chi connectivity index (χ2v) is 4.57. The number of thiophene rings is 1. The molecule has 0 unspecified atom stereocenters. The number of rotatable bonds is 2. The van der Waals surface area contributed by atoms with Gasteiger partial charge < -0.3 is 4.74 Å². The van der Waals surface area contributed by atoms with Gasteiger partial charge in [0.1, 0.15) is 5.60 Å². The largest absolute Gasteiger partial charge is 0.479 e. The second-order valence-electron chi connectivity index (χ2n) is 3.49. The van der Waals surface area contributed by atoms with Gasteiger partial charge in [-0.25, -0.2) is 0 Å². The minimum atomic E-state index is -0.189. The van der Waals surface area contributed by atoms with Crippen LogP contribution in [0.15, 0.2) is 12.1 Å². The van der Waals surface area contributed by atoms with Crippen molar-refractivity contribution in [3.8, 4) is 5.06 Å². The quantitative estimate of drug-likeness (QED) is 0.660. The molecule has 0 N–H and O–H groups in total. The van der Waals surface area contributed by atoms with E-state index < -0.39 is 0 Å². The van der Waals surface area contributed by atoms with Crippen LogP contribution in [0.4, 0.5) is 0 Å². The summed E-state index contributed by atoms with van der Waals surface area (Å²) in [4.78, 5) is 11.0. The Morgan fingerprint density at radius 2 is 2.08 bits per heavy atom. The second kappa shape index (κ2) is 3.27. The van der Waals surface area contributed by atoms with E-state index in [0.717, 1.165) is 11.3 Å². The summed E-state index contributed by atoms with van der Waals surface area (Å²) in [5.74, 6) is 0. The molecule has 0 atom stereocenters. The predicted molar refractivity (Wildman–Crippen MR) is 50.1 cm³/mol. The number of hydrogen-bond acceptors (Lipinski definition) is 3. The Hall–Kier alpha value is -0.830. The first-order valence-electron chi connectivity index (χ1n) is 3.75. The summed E-state index contributed by atoms with van der Waals surface area (Å²) < 4.78 is 5.54. The number of carbonyl (C=O) groups excluding carboxylic acids is 1. The van der Waals surface area contributed by atoms with Gasteiger partial charge in [-0.15, -0.1) is 0 Å². The van der Waals surface area contributed by atoms with Crippen molar-refractivity contribution in [3.63, 3.8) is 0 Å². The van der Waals surface area contributed by atoms with E-state index in [-0.39, 0.29) is 5.60 Å². The normalized spacial score (nSPS) is 11.2. The molecule has 0 aromatic carbocycles. The highest BCUT2D eigenvalue weighted by atomic mass is 32.1. The first-order chi connectivity index (χ1) is 5.51. The first-order valence-corrected chi connectivity index (χ1v) is 4.57. The third-order valence-electron chi connectivity index (χ3n) is 1.13. The van der Waals surface area contributed by atoms with E-state index in [1.807, 2.05) is 26.8 Å². The number of aldehydes is 1. The average molecular weight is 184 g/mol. The zero-order valence-electron chi connectivity index (χ0n) is 7.46. The Labute approximate surface area is 76.2 Å². The number of hydrogen-bond donors (Lipinski definition) is 0. The van der Waals surface area contributed by atoms with Crippen molar-refractivity contribution in [2.45, 2.75) is 26.4 Å². The van der Waals surface area contributed by atoms with Crippen molar-refractivity contribution in [1.82, 2.24) is 0 Å². The first kappa shape index (κ1) is 9.26. The van der Waals surface area contributed by atoms with Crippen LogP contribution in [-0.2, 0) is 0 Å². The van der Waals surface area contributed by atoms with Crippen LogP contribution in [0.1, 0.15) is 30.4 Å². The van der Waals surface area contributed by atoms with Crippen LogP contribution >= 0.6 is 11.3 Å². The molecule has 0 saturated carbocycles. The van der Waals surface area contributed by atoms with E-state index in [9.17, 15) is 4.79 Å². The van der Waals surface area contributed by atoms with Crippen LogP contribution in [0.5, 0.6) is 5.06 Å². The van der Waals surface area contributed by atoms with Gasteiger partial charge in [0.25, 0.3) is 0 Å². The van der Waals surface area contributed by atoms with Crippen molar-refractivity contribution in [2.24, 2.45) is 0 Å². The van der Waals surface area contributed by atoms with Gasteiger partial charge in [-0.3, -0.25) is 4.79 Å². The molecule has 0 amide bonds. The molecule has 2 nitrogen and oxygen atoms in total. The van der Waals surface area contributed by atoms with Gasteiger partial charge in [-0.1, -0.05) is 11.3 Å². The smallest absolute Gasteiger partial charge is 0.175 e. The molecule has 0 radical (unpaired) electrons. The molecule has 12 heavy (non-hydrogen) atoms. The minimum absolute atomic E-state index is 0.189. The van der Waals surface area contributed by atoms with Crippen molar-refractivity contribution in [3.05, 3.63) is 17.0 Å². The lowest BCUT2D eigenvalue weighted by Gasteiger charge is -2.19. The lowest BCUT2D eigenvalue weighted by Crippen LogP contribution is -2.22. The Balaban J connectivity index is 2.70. The monoisotopic (exact) mass is 184 g/mol. The summed E-state index contributed by atoms with van der Waals surface area (Å²) in [6.45, 7) is 5.94. The van der Waals surface area contributed by atoms with Crippen LogP contribution in [0.25, 0.3) is 0 Å². The summed E-state index contributed by atoms with van der Waals surface area (Å²) in [6.07, 6.45) is 0.834. The standard InChI is InChI=1S/C9H12O2S/c1-9(2,3)11-8-5-4-7(6-10)12-8/h4-6H,1-3H3. The predicted octanol–water partition coefficient (Wildman–Crippen LogP) is 2.74. The molecule has 1 heterocycles. The Morgan fingerprint density at radius 3 is 2.50 bits per heavy atom. The molecule has 0 bridgehead atoms. The van der Waals surface area contributed by atoms with E-state index in [1.54, 1.807) is 6.07 Å². The molecule has 0 aliphatic heterocycles. The fourth-order valence-electron chi connectivity index (χ4n) is 0.754. The SMILES string of the molecule is CC(C)(C)Oc1ccc(C=O)s1. The maximum absolute atomic E-state index is 10.3. The van der Waals surface area contributed by atoms with Crippen LogP contribution in [0, 0.1) is 0 Å². The molecule has 1 aromatic rings. The van der Waals surface area contributed by atoms with Gasteiger partial charge in [0, 0.05) is 0 Å². The van der Waals surface area contributed by atoms with Crippen molar-refractivity contribution in [2.75, 3.05) is 0 Å². The zero-order valence-corrected chi connectivity index (χ0v) is 8.27. The highest BCUT2D eigenvalue weighted by Gasteiger charge is 2.12. The summed E-state index contributed by atoms with van der Waals surface area (Å²) >= 11 is 1.37. The topological polar surface area (TPSA) is 26.3 Å². The summed E-state index contributed by atoms with van der Waals surface area (Å²) in [5, 5.41) is 0.796. The van der Waals surface area contributed by atoms with Crippen LogP contribution in [0.3, 0.4) is 0 Å². The molecule has 3 heteroatoms. The molecular weight excluding hydrogens is 172 g/mol. The maximum Gasteiger partial charge on any atom is 0.175 e. The van der Waals surface area contributed by atoms with Crippen LogP contribution in [0.2, 0.25) is 0 Å². The minimum Gasteiger partial charge on any atom is -0.479 e. The van der Waals surface area contributed by atoms with Crippen molar-refractivity contribution < 1.29 is 9.53 Å². The van der Waals surface area contributed by atoms with Crippen molar-refractivity contribution >= 4 is 17.6 Å². The van der Waals surface area contributed by atoms with E-state index in [0.29, 0.717) is 4.88 Å². The Kier molecular flexibility index (Phi) is 2.52. The molecule has 0 fully saturated rings. The molecule has 0 spiro atoms. The Morgan fingerprint density at radius 1 is 1.42 bits per heavy atom. The lowest BCUT2D eigenvalue weighted by molar-refractivity contribution is 0.112. The van der Waals surface area contributed by atoms with E-state index in [4.69, 9.17) is 4.74 Å². The third kappa shape index (κ3) is 2.66. The van der Waals surface area contributed by atoms with Gasteiger partial charge in [-0.2, -0.15) is 0 Å². The van der Waals surface area contributed by atoms with Gasteiger partial charge >= 0.3 is 0 Å². The third-order valence-corrected chi connectivity index (χ3v) is 2.01. The van der Waals surface area contributed by atoms with Crippen molar-refractivity contribution in [1.29, 1.82) is 0 Å². The highest BCUT2D eigenvalue weighted by Crippen LogP contribution is 2.26. The molecule has 1 rings (SSSR count). The average Bonchev–Trinajstić information content (AvgIpc) is 2.32. The van der Waals surface area contributed by atoms with Gasteiger partial charge in [0.15, 0.2) is 11.3 Å². The summed E-state index contributed by atoms with van der Waals surface area (Å²) in [5.41, 5.74) is -0.189. The van der Waals surface area contributed by atoms with Gasteiger partial charge in [0.05, 0.1) is 4.88 Å². The Bertz CT molecular complexity index is 270. The highest BCUT2D eigenvalue weighted by molar-refractivity contribution is 7.15. The number of ether oxygens (including phenoxy) is 1. The summed E-state index contributed by atoms with van der Waals surface area (Å²) in [7, 11) is 0. The molecule has 66 valence electrons. The van der Waals surface area contributed by atoms with E-state index in [2.05, 4.69) is 0 Å². The molecule has 0 aliphatic rings. The molecule has 0 saturated heterocycles. The lowest BCUT2D eigenvalue weighted by atomic mass is 10.2. The van der Waals surface area contributed by atoms with Crippen LogP contribution in [-0.4, -0.2) is 11.9 Å². The molecule has 1 aromatic heterocycles. The van der Waals surface area contributed by atoms with Crippen LogP contribution < -0.4 is 4.74 Å². The fraction of sp³-hybridized carbons (Fsp3) is 0.444. The maximum atomic E-state index is 10.3. The van der Waals surface area contributed by atoms with Gasteiger partial charge in [-0.05, 0) is 32.9 Å². The molecular formula is C9H12O2S. The summed E-state index contributed by atoms with van der Waals surface area (Å²) in [6, 6.07) is 3.58. The zero-order chi connectivity index (χ0) is 9.19. The number of carbonyl (C=O) groups is 1. The fourth-order valence-corrected chi connectivity index (χ4v) is 1.60.